The van der Waals surface area contributed by atoms with Crippen LogP contribution in [-0.2, 0) is 6.42 Å². The van der Waals surface area contributed by atoms with E-state index in [0.29, 0.717) is 19.1 Å². The van der Waals surface area contributed by atoms with Crippen LogP contribution in [0.2, 0.25) is 0 Å². The molecule has 1 aliphatic rings. The van der Waals surface area contributed by atoms with Gasteiger partial charge in [-0.25, -0.2) is 0 Å². The van der Waals surface area contributed by atoms with Crippen LogP contribution >= 0.6 is 0 Å². The van der Waals surface area contributed by atoms with Crippen LogP contribution in [0.5, 0.6) is 5.75 Å². The Labute approximate surface area is 144 Å². The van der Waals surface area contributed by atoms with Gasteiger partial charge in [0.2, 0.25) is 0 Å². The smallest absolute Gasteiger partial charge is 0.119 e. The van der Waals surface area contributed by atoms with E-state index in [1.54, 1.807) is 0 Å². The molecule has 2 aromatic rings. The van der Waals surface area contributed by atoms with Gasteiger partial charge in [0.05, 0.1) is 12.7 Å². The molecule has 2 atom stereocenters. The second-order valence-electron chi connectivity index (χ2n) is 6.50. The number of β-amino-alcohol motifs (C(OH)–C–C–N with tert-alkyl or cyclic N) is 1. The first-order chi connectivity index (χ1) is 11.8. The summed E-state index contributed by atoms with van der Waals surface area (Å²) in [5.74, 6) is 0.926. The highest BCUT2D eigenvalue weighted by atomic mass is 16.5. The maximum atomic E-state index is 10.5. The molecule has 0 spiro atoms. The number of ether oxygens (including phenoxy) is 1. The summed E-state index contributed by atoms with van der Waals surface area (Å²) in [5, 5.41) is 10.5. The zero-order valence-electron chi connectivity index (χ0n) is 14.4. The molecule has 0 amide bonds. The fourth-order valence-corrected chi connectivity index (χ4v) is 3.60. The normalized spacial score (nSPS) is 19.3. The molecule has 128 valence electrons. The molecule has 2 unspecified atom stereocenters. The number of hydrogen-bond acceptors (Lipinski definition) is 3. The van der Waals surface area contributed by atoms with E-state index in [9.17, 15) is 5.11 Å². The van der Waals surface area contributed by atoms with Crippen molar-refractivity contribution < 1.29 is 9.84 Å². The maximum Gasteiger partial charge on any atom is 0.119 e. The molecular weight excluding hydrogens is 298 g/mol. The minimum Gasteiger partial charge on any atom is -0.494 e. The van der Waals surface area contributed by atoms with Crippen molar-refractivity contribution in [3.8, 4) is 5.75 Å². The summed E-state index contributed by atoms with van der Waals surface area (Å²) in [6.07, 6.45) is 2.74. The second kappa shape index (κ2) is 8.32. The van der Waals surface area contributed by atoms with Crippen molar-refractivity contribution >= 4 is 0 Å². The van der Waals surface area contributed by atoms with Crippen LogP contribution in [-0.4, -0.2) is 35.8 Å². The van der Waals surface area contributed by atoms with E-state index < -0.39 is 0 Å². The molecule has 1 fully saturated rings. The standard InChI is InChI=1S/C21H27NO2/c1-2-24-20-12-10-18(11-13-20)21-9-6-14-22(21)16-19(23)15-17-7-4-3-5-8-17/h3-5,7-8,10-13,19,21,23H,2,6,9,14-16H2,1H3. The topological polar surface area (TPSA) is 32.7 Å². The van der Waals surface area contributed by atoms with Crippen molar-refractivity contribution in [3.05, 3.63) is 65.7 Å². The summed E-state index contributed by atoms with van der Waals surface area (Å²) < 4.78 is 5.53. The summed E-state index contributed by atoms with van der Waals surface area (Å²) in [7, 11) is 0. The summed E-state index contributed by atoms with van der Waals surface area (Å²) >= 11 is 0. The van der Waals surface area contributed by atoms with E-state index in [1.165, 1.54) is 17.5 Å². The van der Waals surface area contributed by atoms with Crippen LogP contribution in [0.25, 0.3) is 0 Å². The van der Waals surface area contributed by atoms with E-state index in [-0.39, 0.29) is 6.10 Å². The van der Waals surface area contributed by atoms with E-state index >= 15 is 0 Å². The predicted octanol–water partition coefficient (Wildman–Crippen LogP) is 3.83. The van der Waals surface area contributed by atoms with Crippen molar-refractivity contribution in [2.24, 2.45) is 0 Å². The van der Waals surface area contributed by atoms with Crippen LogP contribution in [0.3, 0.4) is 0 Å². The van der Waals surface area contributed by atoms with Crippen LogP contribution in [0.1, 0.15) is 36.9 Å². The molecular formula is C21H27NO2. The van der Waals surface area contributed by atoms with Crippen molar-refractivity contribution in [3.63, 3.8) is 0 Å². The third-order valence-corrected chi connectivity index (χ3v) is 4.70. The number of benzene rings is 2. The number of aliphatic hydroxyl groups excluding tert-OH is 1. The highest BCUT2D eigenvalue weighted by molar-refractivity contribution is 5.29. The van der Waals surface area contributed by atoms with Crippen molar-refractivity contribution in [1.82, 2.24) is 4.90 Å². The van der Waals surface area contributed by atoms with Crippen molar-refractivity contribution in [2.45, 2.75) is 38.3 Å². The molecule has 3 rings (SSSR count). The summed E-state index contributed by atoms with van der Waals surface area (Å²) in [6.45, 7) is 4.48. The summed E-state index contributed by atoms with van der Waals surface area (Å²) in [4.78, 5) is 2.42. The van der Waals surface area contributed by atoms with Gasteiger partial charge in [0.15, 0.2) is 0 Å². The predicted molar refractivity (Wildman–Crippen MR) is 97.3 cm³/mol. The fourth-order valence-electron chi connectivity index (χ4n) is 3.60. The monoisotopic (exact) mass is 325 g/mol. The van der Waals surface area contributed by atoms with Crippen LogP contribution in [0.15, 0.2) is 54.6 Å². The van der Waals surface area contributed by atoms with Gasteiger partial charge in [0.25, 0.3) is 0 Å². The van der Waals surface area contributed by atoms with Crippen LogP contribution < -0.4 is 4.74 Å². The molecule has 0 aromatic heterocycles. The molecule has 1 aliphatic heterocycles. The average molecular weight is 325 g/mol. The Bertz CT molecular complexity index is 611. The molecule has 24 heavy (non-hydrogen) atoms. The van der Waals surface area contributed by atoms with Crippen molar-refractivity contribution in [2.75, 3.05) is 19.7 Å². The molecule has 2 aromatic carbocycles. The Morgan fingerprint density at radius 2 is 1.88 bits per heavy atom. The van der Waals surface area contributed by atoms with E-state index in [2.05, 4.69) is 41.3 Å². The van der Waals surface area contributed by atoms with Gasteiger partial charge >= 0.3 is 0 Å². The quantitative estimate of drug-likeness (QED) is 0.840. The molecule has 1 saturated heterocycles. The van der Waals surface area contributed by atoms with Crippen LogP contribution in [0, 0.1) is 0 Å². The summed E-state index contributed by atoms with van der Waals surface area (Å²) in [5.41, 5.74) is 2.52. The molecule has 0 saturated carbocycles. The van der Waals surface area contributed by atoms with Gasteiger partial charge in [-0.3, -0.25) is 4.90 Å². The largest absolute Gasteiger partial charge is 0.494 e. The second-order valence-corrected chi connectivity index (χ2v) is 6.50. The third kappa shape index (κ3) is 4.37. The Morgan fingerprint density at radius 3 is 2.58 bits per heavy atom. The molecule has 0 aliphatic carbocycles. The van der Waals surface area contributed by atoms with E-state index in [0.717, 1.165) is 25.3 Å². The molecule has 3 nitrogen and oxygen atoms in total. The van der Waals surface area contributed by atoms with Gasteiger partial charge in [-0.05, 0) is 56.0 Å². The fraction of sp³-hybridized carbons (Fsp3) is 0.429. The lowest BCUT2D eigenvalue weighted by molar-refractivity contribution is 0.106. The minimum atomic E-state index is -0.323. The Balaban J connectivity index is 1.60. The summed E-state index contributed by atoms with van der Waals surface area (Å²) in [6, 6.07) is 19.1. The average Bonchev–Trinajstić information content (AvgIpc) is 3.05. The Morgan fingerprint density at radius 1 is 1.12 bits per heavy atom. The molecule has 1 N–H and O–H groups in total. The first kappa shape index (κ1) is 17.0. The van der Waals surface area contributed by atoms with E-state index in [1.807, 2.05) is 25.1 Å². The maximum absolute atomic E-state index is 10.5. The number of likely N-dealkylation sites (tertiary alicyclic amines) is 1. The van der Waals surface area contributed by atoms with Crippen LogP contribution in [0.4, 0.5) is 0 Å². The van der Waals surface area contributed by atoms with E-state index in [4.69, 9.17) is 4.74 Å². The lowest BCUT2D eigenvalue weighted by atomic mass is 10.0. The lowest BCUT2D eigenvalue weighted by Crippen LogP contribution is -2.33. The Kier molecular flexibility index (Phi) is 5.89. The molecule has 0 radical (unpaired) electrons. The molecule has 0 bridgehead atoms. The number of rotatable bonds is 7. The van der Waals surface area contributed by atoms with Gasteiger partial charge in [0, 0.05) is 12.6 Å². The SMILES string of the molecule is CCOc1ccc(C2CCCN2CC(O)Cc2ccccc2)cc1. The van der Waals surface area contributed by atoms with Gasteiger partial charge in [-0.2, -0.15) is 0 Å². The molecule has 3 heteroatoms. The molecule has 1 heterocycles. The third-order valence-electron chi connectivity index (χ3n) is 4.70. The highest BCUT2D eigenvalue weighted by Crippen LogP contribution is 2.32. The minimum absolute atomic E-state index is 0.323. The zero-order valence-corrected chi connectivity index (χ0v) is 14.4. The number of nitrogens with zero attached hydrogens (tertiary/aromatic N) is 1. The first-order valence-corrected chi connectivity index (χ1v) is 8.95. The number of hydrogen-bond donors (Lipinski definition) is 1. The van der Waals surface area contributed by atoms with Gasteiger partial charge < -0.3 is 9.84 Å². The first-order valence-electron chi connectivity index (χ1n) is 8.95. The van der Waals surface area contributed by atoms with Crippen molar-refractivity contribution in [1.29, 1.82) is 0 Å². The zero-order chi connectivity index (χ0) is 16.8. The number of aliphatic hydroxyl groups is 1. The lowest BCUT2D eigenvalue weighted by Gasteiger charge is -2.27. The Hall–Kier alpha value is -1.84. The van der Waals surface area contributed by atoms with Gasteiger partial charge in [0.1, 0.15) is 5.75 Å². The van der Waals surface area contributed by atoms with Gasteiger partial charge in [-0.1, -0.05) is 42.5 Å². The highest BCUT2D eigenvalue weighted by Gasteiger charge is 2.27. The van der Waals surface area contributed by atoms with Gasteiger partial charge in [-0.15, -0.1) is 0 Å².